The first-order valence-electron chi connectivity index (χ1n) is 6.66. The van der Waals surface area contributed by atoms with Crippen LogP contribution in [-0.4, -0.2) is 9.55 Å². The summed E-state index contributed by atoms with van der Waals surface area (Å²) in [6.07, 6.45) is 3.64. The molecular formula is C16H16FN3. The molecule has 1 aromatic heterocycles. The monoisotopic (exact) mass is 269 g/mol. The molecule has 0 bridgehead atoms. The van der Waals surface area contributed by atoms with Crippen LogP contribution in [0.5, 0.6) is 0 Å². The fourth-order valence-electron chi connectivity index (χ4n) is 2.56. The number of nitrogens with two attached hydrogens (primary N) is 1. The van der Waals surface area contributed by atoms with Crippen LogP contribution in [0.4, 0.5) is 4.39 Å². The van der Waals surface area contributed by atoms with Crippen LogP contribution >= 0.6 is 0 Å². The molecule has 0 radical (unpaired) electrons. The molecule has 1 unspecified atom stereocenters. The minimum absolute atomic E-state index is 0.226. The molecule has 0 aliphatic heterocycles. The minimum Gasteiger partial charge on any atom is -0.334 e. The first kappa shape index (κ1) is 12.8. The van der Waals surface area contributed by atoms with Crippen LogP contribution < -0.4 is 5.73 Å². The zero-order valence-corrected chi connectivity index (χ0v) is 11.3. The Morgan fingerprint density at radius 3 is 2.70 bits per heavy atom. The molecule has 0 aliphatic rings. The van der Waals surface area contributed by atoms with E-state index in [0.717, 1.165) is 23.3 Å². The zero-order chi connectivity index (χ0) is 14.1. The van der Waals surface area contributed by atoms with Crippen LogP contribution in [0.25, 0.3) is 10.8 Å². The number of hydrogen-bond acceptors (Lipinski definition) is 2. The Morgan fingerprint density at radius 2 is 1.95 bits per heavy atom. The molecule has 2 aromatic carbocycles. The third kappa shape index (κ3) is 1.98. The Kier molecular flexibility index (Phi) is 3.24. The van der Waals surface area contributed by atoms with Gasteiger partial charge >= 0.3 is 0 Å². The van der Waals surface area contributed by atoms with Gasteiger partial charge in [0.1, 0.15) is 11.6 Å². The largest absolute Gasteiger partial charge is 0.334 e. The lowest BCUT2D eigenvalue weighted by Crippen LogP contribution is -2.18. The van der Waals surface area contributed by atoms with Gasteiger partial charge in [-0.05, 0) is 23.9 Å². The average Bonchev–Trinajstić information content (AvgIpc) is 2.96. The fraction of sp³-hybridized carbons (Fsp3) is 0.188. The smallest absolute Gasteiger partial charge is 0.131 e. The van der Waals surface area contributed by atoms with Crippen molar-refractivity contribution in [2.75, 3.05) is 0 Å². The Labute approximate surface area is 116 Å². The van der Waals surface area contributed by atoms with Crippen molar-refractivity contribution in [2.45, 2.75) is 19.5 Å². The van der Waals surface area contributed by atoms with Crippen molar-refractivity contribution in [3.63, 3.8) is 0 Å². The van der Waals surface area contributed by atoms with Crippen LogP contribution in [-0.2, 0) is 6.54 Å². The molecule has 102 valence electrons. The summed E-state index contributed by atoms with van der Waals surface area (Å²) in [5.74, 6) is 0.569. The normalized spacial score (nSPS) is 12.8. The molecule has 2 N–H and O–H groups in total. The number of halogens is 1. The van der Waals surface area contributed by atoms with Crippen molar-refractivity contribution in [3.8, 4) is 0 Å². The summed E-state index contributed by atoms with van der Waals surface area (Å²) < 4.78 is 15.9. The highest BCUT2D eigenvalue weighted by Gasteiger charge is 2.17. The number of hydrogen-bond donors (Lipinski definition) is 1. The fourth-order valence-corrected chi connectivity index (χ4v) is 2.56. The highest BCUT2D eigenvalue weighted by molar-refractivity contribution is 5.87. The molecule has 0 saturated heterocycles. The third-order valence-electron chi connectivity index (χ3n) is 3.61. The lowest BCUT2D eigenvalue weighted by Gasteiger charge is -2.16. The molecular weight excluding hydrogens is 253 g/mol. The number of aromatic nitrogens is 2. The Morgan fingerprint density at radius 1 is 1.20 bits per heavy atom. The van der Waals surface area contributed by atoms with E-state index in [-0.39, 0.29) is 11.9 Å². The van der Waals surface area contributed by atoms with Crippen molar-refractivity contribution >= 4 is 10.8 Å². The topological polar surface area (TPSA) is 43.8 Å². The van der Waals surface area contributed by atoms with Crippen LogP contribution in [0.3, 0.4) is 0 Å². The lowest BCUT2D eigenvalue weighted by atomic mass is 9.98. The quantitative estimate of drug-likeness (QED) is 0.793. The summed E-state index contributed by atoms with van der Waals surface area (Å²) in [5, 5.41) is 1.43. The minimum atomic E-state index is -0.365. The van der Waals surface area contributed by atoms with E-state index in [4.69, 9.17) is 5.73 Å². The number of fused-ring (bicyclic) bond motifs is 1. The summed E-state index contributed by atoms with van der Waals surface area (Å²) in [7, 11) is 0. The van der Waals surface area contributed by atoms with Gasteiger partial charge in [0.2, 0.25) is 0 Å². The van der Waals surface area contributed by atoms with Crippen molar-refractivity contribution in [2.24, 2.45) is 5.73 Å². The number of benzene rings is 2. The van der Waals surface area contributed by atoms with E-state index in [1.54, 1.807) is 18.3 Å². The number of nitrogens with zero attached hydrogens (tertiary/aromatic N) is 2. The SMILES string of the molecule is CCn1ccnc1C(N)c1ccc(F)c2ccccc12. The second-order valence-electron chi connectivity index (χ2n) is 4.73. The first-order chi connectivity index (χ1) is 9.72. The van der Waals surface area contributed by atoms with Crippen LogP contribution in [0, 0.1) is 5.82 Å². The predicted molar refractivity (Wildman–Crippen MR) is 77.8 cm³/mol. The molecule has 1 heterocycles. The maximum absolute atomic E-state index is 13.9. The van der Waals surface area contributed by atoms with Gasteiger partial charge in [-0.2, -0.15) is 0 Å². The molecule has 3 aromatic rings. The molecule has 0 amide bonds. The van der Waals surface area contributed by atoms with Gasteiger partial charge in [0.15, 0.2) is 0 Å². The molecule has 1 atom stereocenters. The molecule has 3 nitrogen and oxygen atoms in total. The number of imidazole rings is 1. The first-order valence-corrected chi connectivity index (χ1v) is 6.66. The van der Waals surface area contributed by atoms with Gasteiger partial charge in [0, 0.05) is 24.3 Å². The summed E-state index contributed by atoms with van der Waals surface area (Å²) in [6.45, 7) is 2.85. The van der Waals surface area contributed by atoms with Gasteiger partial charge in [-0.1, -0.05) is 30.3 Å². The maximum atomic E-state index is 13.9. The molecule has 4 heteroatoms. The van der Waals surface area contributed by atoms with Crippen molar-refractivity contribution in [1.29, 1.82) is 0 Å². The molecule has 0 fully saturated rings. The number of aryl methyl sites for hydroxylation is 1. The molecule has 3 rings (SSSR count). The lowest BCUT2D eigenvalue weighted by molar-refractivity contribution is 0.636. The molecule has 0 aliphatic carbocycles. The van der Waals surface area contributed by atoms with Crippen LogP contribution in [0.1, 0.15) is 24.4 Å². The van der Waals surface area contributed by atoms with Gasteiger partial charge in [-0.25, -0.2) is 9.37 Å². The zero-order valence-electron chi connectivity index (χ0n) is 11.3. The van der Waals surface area contributed by atoms with Crippen LogP contribution in [0.15, 0.2) is 48.8 Å². The average molecular weight is 269 g/mol. The van der Waals surface area contributed by atoms with Gasteiger partial charge < -0.3 is 10.3 Å². The summed E-state index contributed by atoms with van der Waals surface area (Å²) in [6, 6.07) is 10.2. The maximum Gasteiger partial charge on any atom is 0.131 e. The van der Waals surface area contributed by atoms with Gasteiger partial charge in [0.05, 0.1) is 6.04 Å². The van der Waals surface area contributed by atoms with E-state index in [0.29, 0.717) is 5.39 Å². The Bertz CT molecular complexity index is 748. The Balaban J connectivity index is 2.17. The summed E-state index contributed by atoms with van der Waals surface area (Å²) in [4.78, 5) is 4.34. The van der Waals surface area contributed by atoms with Gasteiger partial charge in [-0.15, -0.1) is 0 Å². The van der Waals surface area contributed by atoms with E-state index < -0.39 is 0 Å². The highest BCUT2D eigenvalue weighted by atomic mass is 19.1. The van der Waals surface area contributed by atoms with E-state index in [9.17, 15) is 4.39 Å². The second-order valence-corrected chi connectivity index (χ2v) is 4.73. The highest BCUT2D eigenvalue weighted by Crippen LogP contribution is 2.28. The van der Waals surface area contributed by atoms with E-state index in [2.05, 4.69) is 4.98 Å². The van der Waals surface area contributed by atoms with E-state index in [1.807, 2.05) is 35.9 Å². The van der Waals surface area contributed by atoms with Gasteiger partial charge in [-0.3, -0.25) is 0 Å². The van der Waals surface area contributed by atoms with E-state index in [1.165, 1.54) is 6.07 Å². The van der Waals surface area contributed by atoms with Crippen molar-refractivity contribution in [1.82, 2.24) is 9.55 Å². The van der Waals surface area contributed by atoms with Crippen molar-refractivity contribution in [3.05, 3.63) is 66.0 Å². The molecule has 20 heavy (non-hydrogen) atoms. The molecule has 0 spiro atoms. The van der Waals surface area contributed by atoms with Crippen LogP contribution in [0.2, 0.25) is 0 Å². The van der Waals surface area contributed by atoms with Crippen molar-refractivity contribution < 1.29 is 4.39 Å². The van der Waals surface area contributed by atoms with E-state index >= 15 is 0 Å². The standard InChI is InChI=1S/C16H16FN3/c1-2-20-10-9-19-16(20)15(18)13-7-8-14(17)12-6-4-3-5-11(12)13/h3-10,15H,2,18H2,1H3. The third-order valence-corrected chi connectivity index (χ3v) is 3.61. The summed E-state index contributed by atoms with van der Waals surface area (Å²) >= 11 is 0. The Hall–Kier alpha value is -2.20. The predicted octanol–water partition coefficient (Wildman–Crippen LogP) is 3.24. The second kappa shape index (κ2) is 5.06. The molecule has 0 saturated carbocycles. The van der Waals surface area contributed by atoms with Gasteiger partial charge in [0.25, 0.3) is 0 Å². The number of rotatable bonds is 3. The summed E-state index contributed by atoms with van der Waals surface area (Å²) in [5.41, 5.74) is 7.24.